The van der Waals surface area contributed by atoms with Crippen LogP contribution in [0.25, 0.3) is 0 Å². The minimum Gasteiger partial charge on any atom is -0.479 e. The number of nitrogens with zero attached hydrogens (tertiary/aromatic N) is 1. The molecular formula is C14H12N2O2S. The molecule has 96 valence electrons. The third kappa shape index (κ3) is 3.33. The molecule has 0 radical (unpaired) electrons. The van der Waals surface area contributed by atoms with Crippen molar-refractivity contribution in [3.8, 4) is 11.8 Å². The van der Waals surface area contributed by atoms with Gasteiger partial charge in [0.25, 0.3) is 5.91 Å². The molecule has 1 aromatic heterocycles. The number of benzene rings is 1. The van der Waals surface area contributed by atoms with E-state index in [9.17, 15) is 4.79 Å². The highest BCUT2D eigenvalue weighted by molar-refractivity contribution is 7.08. The second-order valence-electron chi connectivity index (χ2n) is 3.90. The van der Waals surface area contributed by atoms with E-state index < -0.39 is 0 Å². The fourth-order valence-corrected chi connectivity index (χ4v) is 2.40. The van der Waals surface area contributed by atoms with Gasteiger partial charge in [-0.25, -0.2) is 0 Å². The van der Waals surface area contributed by atoms with Crippen LogP contribution in [0.5, 0.6) is 5.75 Å². The van der Waals surface area contributed by atoms with Gasteiger partial charge in [-0.05, 0) is 30.0 Å². The van der Waals surface area contributed by atoms with Gasteiger partial charge in [-0.3, -0.25) is 4.79 Å². The summed E-state index contributed by atoms with van der Waals surface area (Å²) >= 11 is 1.50. The lowest BCUT2D eigenvalue weighted by atomic mass is 10.2. The molecule has 4 nitrogen and oxygen atoms in total. The Kier molecular flexibility index (Phi) is 4.16. The van der Waals surface area contributed by atoms with Crippen LogP contribution in [0.1, 0.15) is 15.9 Å². The topological polar surface area (TPSA) is 62.1 Å². The fraction of sp³-hybridized carbons (Fsp3) is 0.143. The van der Waals surface area contributed by atoms with Gasteiger partial charge in [0.2, 0.25) is 0 Å². The number of nitrogens with one attached hydrogen (secondary N) is 1. The van der Waals surface area contributed by atoms with E-state index in [1.165, 1.54) is 11.3 Å². The van der Waals surface area contributed by atoms with Gasteiger partial charge in [0.05, 0.1) is 5.56 Å². The Bertz CT molecular complexity index is 628. The first kappa shape index (κ1) is 13.1. The summed E-state index contributed by atoms with van der Waals surface area (Å²) in [7, 11) is 0. The predicted octanol–water partition coefficient (Wildman–Crippen LogP) is 3.21. The molecule has 0 aliphatic heterocycles. The number of rotatable bonds is 4. The Morgan fingerprint density at radius 3 is 3.00 bits per heavy atom. The Morgan fingerprint density at radius 1 is 1.47 bits per heavy atom. The van der Waals surface area contributed by atoms with E-state index in [1.54, 1.807) is 24.3 Å². The summed E-state index contributed by atoms with van der Waals surface area (Å²) in [6.07, 6.45) is 0. The Balaban J connectivity index is 2.09. The number of carbonyl (C=O) groups is 1. The SMILES string of the molecule is Cc1cscc1C(=O)Nc1cccc(OCC#N)c1. The second-order valence-corrected chi connectivity index (χ2v) is 4.64. The molecule has 1 N–H and O–H groups in total. The van der Waals surface area contributed by atoms with Gasteiger partial charge in [0.1, 0.15) is 11.8 Å². The van der Waals surface area contributed by atoms with Crippen LogP contribution in [0.2, 0.25) is 0 Å². The van der Waals surface area contributed by atoms with Gasteiger partial charge < -0.3 is 10.1 Å². The van der Waals surface area contributed by atoms with Crippen molar-refractivity contribution in [2.24, 2.45) is 0 Å². The van der Waals surface area contributed by atoms with E-state index in [4.69, 9.17) is 10.00 Å². The molecule has 2 rings (SSSR count). The Labute approximate surface area is 115 Å². The molecule has 0 spiro atoms. The fourth-order valence-electron chi connectivity index (χ4n) is 1.57. The minimum atomic E-state index is -0.142. The van der Waals surface area contributed by atoms with E-state index in [0.29, 0.717) is 17.0 Å². The number of aryl methyl sites for hydroxylation is 1. The van der Waals surface area contributed by atoms with E-state index >= 15 is 0 Å². The second kappa shape index (κ2) is 6.03. The largest absolute Gasteiger partial charge is 0.479 e. The van der Waals surface area contributed by atoms with Crippen molar-refractivity contribution in [3.63, 3.8) is 0 Å². The maximum Gasteiger partial charge on any atom is 0.256 e. The number of thiophene rings is 1. The van der Waals surface area contributed by atoms with Crippen molar-refractivity contribution in [1.29, 1.82) is 5.26 Å². The van der Waals surface area contributed by atoms with E-state index in [0.717, 1.165) is 5.56 Å². The normalized spacial score (nSPS) is 9.68. The maximum atomic E-state index is 12.0. The average Bonchev–Trinajstić information content (AvgIpc) is 2.83. The smallest absolute Gasteiger partial charge is 0.256 e. The summed E-state index contributed by atoms with van der Waals surface area (Å²) in [4.78, 5) is 12.0. The zero-order valence-corrected chi connectivity index (χ0v) is 11.2. The molecule has 2 aromatic rings. The first-order valence-electron chi connectivity index (χ1n) is 5.64. The van der Waals surface area contributed by atoms with Crippen LogP contribution in [0, 0.1) is 18.3 Å². The van der Waals surface area contributed by atoms with Crippen molar-refractivity contribution in [2.75, 3.05) is 11.9 Å². The zero-order valence-electron chi connectivity index (χ0n) is 10.3. The number of nitriles is 1. The first-order valence-corrected chi connectivity index (χ1v) is 6.59. The van der Waals surface area contributed by atoms with Crippen LogP contribution in [0.3, 0.4) is 0 Å². The lowest BCUT2D eigenvalue weighted by Crippen LogP contribution is -2.12. The molecule has 19 heavy (non-hydrogen) atoms. The summed E-state index contributed by atoms with van der Waals surface area (Å²) in [5.41, 5.74) is 2.28. The van der Waals surface area contributed by atoms with Crippen molar-refractivity contribution < 1.29 is 9.53 Å². The van der Waals surface area contributed by atoms with E-state index in [2.05, 4.69) is 5.32 Å². The van der Waals surface area contributed by atoms with Crippen LogP contribution in [-0.4, -0.2) is 12.5 Å². The minimum absolute atomic E-state index is 0.0129. The highest BCUT2D eigenvalue weighted by atomic mass is 32.1. The van der Waals surface area contributed by atoms with Crippen LogP contribution in [-0.2, 0) is 0 Å². The summed E-state index contributed by atoms with van der Waals surface area (Å²) in [6, 6.07) is 8.87. The number of carbonyl (C=O) groups excluding carboxylic acids is 1. The van der Waals surface area contributed by atoms with Gasteiger partial charge in [-0.2, -0.15) is 16.6 Å². The Morgan fingerprint density at radius 2 is 2.32 bits per heavy atom. The molecule has 0 fully saturated rings. The summed E-state index contributed by atoms with van der Waals surface area (Å²) in [5, 5.41) is 15.0. The number of hydrogen-bond acceptors (Lipinski definition) is 4. The van der Waals surface area contributed by atoms with Crippen LogP contribution in [0.15, 0.2) is 35.0 Å². The average molecular weight is 272 g/mol. The van der Waals surface area contributed by atoms with Crippen molar-refractivity contribution in [1.82, 2.24) is 0 Å². The standard InChI is InChI=1S/C14H12N2O2S/c1-10-8-19-9-13(10)14(17)16-11-3-2-4-12(7-11)18-6-5-15/h2-4,7-9H,6H2,1H3,(H,16,17). The Hall–Kier alpha value is -2.32. The van der Waals surface area contributed by atoms with Gasteiger partial charge >= 0.3 is 0 Å². The lowest BCUT2D eigenvalue weighted by Gasteiger charge is -2.07. The molecule has 0 saturated carbocycles. The molecule has 0 saturated heterocycles. The molecule has 0 aliphatic rings. The summed E-state index contributed by atoms with van der Waals surface area (Å²) in [6.45, 7) is 1.89. The number of hydrogen-bond donors (Lipinski definition) is 1. The highest BCUT2D eigenvalue weighted by Crippen LogP contribution is 2.20. The van der Waals surface area contributed by atoms with Crippen molar-refractivity contribution in [2.45, 2.75) is 6.92 Å². The van der Waals surface area contributed by atoms with Crippen molar-refractivity contribution >= 4 is 22.9 Å². The zero-order chi connectivity index (χ0) is 13.7. The molecule has 0 unspecified atom stereocenters. The van der Waals surface area contributed by atoms with Gasteiger partial charge in [0.15, 0.2) is 6.61 Å². The van der Waals surface area contributed by atoms with Crippen LogP contribution >= 0.6 is 11.3 Å². The number of amides is 1. The van der Waals surface area contributed by atoms with Crippen LogP contribution < -0.4 is 10.1 Å². The van der Waals surface area contributed by atoms with Crippen molar-refractivity contribution in [3.05, 3.63) is 46.2 Å². The van der Waals surface area contributed by atoms with Gasteiger partial charge in [-0.15, -0.1) is 0 Å². The lowest BCUT2D eigenvalue weighted by molar-refractivity contribution is 0.102. The molecule has 1 amide bonds. The molecule has 1 heterocycles. The molecule has 1 aromatic carbocycles. The van der Waals surface area contributed by atoms with Crippen LogP contribution in [0.4, 0.5) is 5.69 Å². The number of ether oxygens (including phenoxy) is 1. The van der Waals surface area contributed by atoms with E-state index in [1.807, 2.05) is 23.8 Å². The van der Waals surface area contributed by atoms with E-state index in [-0.39, 0.29) is 12.5 Å². The molecule has 0 aliphatic carbocycles. The number of anilines is 1. The molecule has 5 heteroatoms. The quantitative estimate of drug-likeness (QED) is 0.929. The third-order valence-electron chi connectivity index (χ3n) is 2.50. The molecular weight excluding hydrogens is 260 g/mol. The van der Waals surface area contributed by atoms with Gasteiger partial charge in [-0.1, -0.05) is 6.07 Å². The third-order valence-corrected chi connectivity index (χ3v) is 3.36. The molecule has 0 bridgehead atoms. The highest BCUT2D eigenvalue weighted by Gasteiger charge is 2.10. The predicted molar refractivity (Wildman–Crippen MR) is 74.6 cm³/mol. The monoisotopic (exact) mass is 272 g/mol. The molecule has 0 atom stereocenters. The first-order chi connectivity index (χ1) is 9.20. The maximum absolute atomic E-state index is 12.0. The summed E-state index contributed by atoms with van der Waals surface area (Å²) in [5.74, 6) is 0.414. The summed E-state index contributed by atoms with van der Waals surface area (Å²) < 4.78 is 5.18. The van der Waals surface area contributed by atoms with Gasteiger partial charge in [0, 0.05) is 17.1 Å².